The summed E-state index contributed by atoms with van der Waals surface area (Å²) in [5.74, 6) is 0.548. The van der Waals surface area contributed by atoms with Gasteiger partial charge in [0.25, 0.3) is 0 Å². The first-order valence-corrected chi connectivity index (χ1v) is 4.80. The van der Waals surface area contributed by atoms with Crippen molar-refractivity contribution < 1.29 is 0 Å². The van der Waals surface area contributed by atoms with E-state index in [9.17, 15) is 0 Å². The minimum absolute atomic E-state index is 0.00407. The number of anilines is 1. The van der Waals surface area contributed by atoms with Crippen LogP contribution in [0, 0.1) is 12.3 Å². The van der Waals surface area contributed by atoms with Gasteiger partial charge in [0.05, 0.1) is 0 Å². The van der Waals surface area contributed by atoms with Gasteiger partial charge in [0.15, 0.2) is 0 Å². The quantitative estimate of drug-likeness (QED) is 0.717. The van der Waals surface area contributed by atoms with Crippen molar-refractivity contribution in [3.63, 3.8) is 0 Å². The van der Waals surface area contributed by atoms with Crippen LogP contribution in [0.3, 0.4) is 0 Å². The lowest BCUT2D eigenvalue weighted by molar-refractivity contribution is 0.325. The van der Waals surface area contributed by atoms with Crippen molar-refractivity contribution in [1.82, 2.24) is 4.98 Å². The number of nitrogens with two attached hydrogens (primary N) is 2. The Labute approximate surface area is 85.5 Å². The molecule has 0 aliphatic carbocycles. The fourth-order valence-electron chi connectivity index (χ4n) is 1.38. The largest absolute Gasteiger partial charge is 0.384 e. The molecule has 3 heteroatoms. The molecule has 78 valence electrons. The summed E-state index contributed by atoms with van der Waals surface area (Å²) in [7, 11) is 0. The summed E-state index contributed by atoms with van der Waals surface area (Å²) in [5, 5.41) is 0. The molecule has 0 saturated heterocycles. The average molecular weight is 193 g/mol. The highest BCUT2D eigenvalue weighted by Crippen LogP contribution is 2.31. The van der Waals surface area contributed by atoms with Gasteiger partial charge in [0.1, 0.15) is 5.82 Å². The second kappa shape index (κ2) is 3.58. The second-order valence-electron chi connectivity index (χ2n) is 4.81. The molecule has 0 spiro atoms. The Kier molecular flexibility index (Phi) is 2.81. The zero-order valence-electron chi connectivity index (χ0n) is 9.33. The van der Waals surface area contributed by atoms with Gasteiger partial charge >= 0.3 is 0 Å². The van der Waals surface area contributed by atoms with Gasteiger partial charge in [-0.3, -0.25) is 0 Å². The lowest BCUT2D eigenvalue weighted by Gasteiger charge is -2.28. The Morgan fingerprint density at radius 2 is 1.93 bits per heavy atom. The van der Waals surface area contributed by atoms with Gasteiger partial charge in [-0.1, -0.05) is 20.8 Å². The maximum atomic E-state index is 6.14. The Morgan fingerprint density at radius 1 is 1.36 bits per heavy atom. The van der Waals surface area contributed by atoms with Crippen molar-refractivity contribution in [2.45, 2.75) is 33.7 Å². The number of nitrogen functional groups attached to an aromatic ring is 1. The van der Waals surface area contributed by atoms with Gasteiger partial charge in [-0.25, -0.2) is 4.98 Å². The normalized spacial score (nSPS) is 14.1. The standard InChI is InChI=1S/C11H19N3/c1-7-5-9(12)14-6-8(7)10(13)11(2,3)4/h5-6,10H,13H2,1-4H3,(H2,12,14). The minimum Gasteiger partial charge on any atom is -0.384 e. The maximum Gasteiger partial charge on any atom is 0.123 e. The van der Waals surface area contributed by atoms with Gasteiger partial charge in [0.2, 0.25) is 0 Å². The summed E-state index contributed by atoms with van der Waals surface area (Å²) in [6.07, 6.45) is 1.78. The lowest BCUT2D eigenvalue weighted by atomic mass is 9.82. The molecule has 1 rings (SSSR count). The van der Waals surface area contributed by atoms with E-state index in [2.05, 4.69) is 25.8 Å². The van der Waals surface area contributed by atoms with Crippen LogP contribution in [0.2, 0.25) is 0 Å². The summed E-state index contributed by atoms with van der Waals surface area (Å²) in [4.78, 5) is 4.07. The molecule has 1 aromatic rings. The fourth-order valence-corrected chi connectivity index (χ4v) is 1.38. The van der Waals surface area contributed by atoms with E-state index in [1.54, 1.807) is 6.20 Å². The van der Waals surface area contributed by atoms with E-state index in [4.69, 9.17) is 11.5 Å². The fraction of sp³-hybridized carbons (Fsp3) is 0.545. The summed E-state index contributed by atoms with van der Waals surface area (Å²) >= 11 is 0. The number of hydrogen-bond donors (Lipinski definition) is 2. The smallest absolute Gasteiger partial charge is 0.123 e. The topological polar surface area (TPSA) is 64.9 Å². The van der Waals surface area contributed by atoms with Crippen LogP contribution < -0.4 is 11.5 Å². The number of nitrogens with zero attached hydrogens (tertiary/aromatic N) is 1. The van der Waals surface area contributed by atoms with Crippen LogP contribution in [0.25, 0.3) is 0 Å². The molecule has 0 radical (unpaired) electrons. The van der Waals surface area contributed by atoms with Crippen molar-refractivity contribution >= 4 is 5.82 Å². The van der Waals surface area contributed by atoms with Crippen molar-refractivity contribution in [2.24, 2.45) is 11.1 Å². The maximum absolute atomic E-state index is 6.14. The third-order valence-electron chi connectivity index (χ3n) is 2.44. The van der Waals surface area contributed by atoms with Gasteiger partial charge in [-0.2, -0.15) is 0 Å². The van der Waals surface area contributed by atoms with Gasteiger partial charge in [0, 0.05) is 12.2 Å². The van der Waals surface area contributed by atoms with Crippen molar-refractivity contribution in [3.8, 4) is 0 Å². The first-order chi connectivity index (χ1) is 6.32. The van der Waals surface area contributed by atoms with Crippen LogP contribution in [0.1, 0.15) is 37.9 Å². The van der Waals surface area contributed by atoms with E-state index in [0.29, 0.717) is 5.82 Å². The molecule has 0 fully saturated rings. The third-order valence-corrected chi connectivity index (χ3v) is 2.44. The highest BCUT2D eigenvalue weighted by Gasteiger charge is 2.23. The van der Waals surface area contributed by atoms with Gasteiger partial charge in [-0.05, 0) is 29.5 Å². The monoisotopic (exact) mass is 193 g/mol. The summed E-state index contributed by atoms with van der Waals surface area (Å²) in [5.41, 5.74) is 14.0. The Morgan fingerprint density at radius 3 is 2.36 bits per heavy atom. The van der Waals surface area contributed by atoms with Crippen molar-refractivity contribution in [2.75, 3.05) is 5.73 Å². The molecule has 0 aliphatic rings. The molecule has 0 amide bonds. The van der Waals surface area contributed by atoms with Crippen molar-refractivity contribution in [1.29, 1.82) is 0 Å². The average Bonchev–Trinajstić information content (AvgIpc) is 2.01. The van der Waals surface area contributed by atoms with E-state index in [-0.39, 0.29) is 11.5 Å². The molecular weight excluding hydrogens is 174 g/mol. The Hall–Kier alpha value is -1.09. The molecular formula is C11H19N3. The van der Waals surface area contributed by atoms with Crippen LogP contribution in [-0.4, -0.2) is 4.98 Å². The SMILES string of the molecule is Cc1cc(N)ncc1C(N)C(C)(C)C. The van der Waals surface area contributed by atoms with E-state index in [0.717, 1.165) is 11.1 Å². The zero-order valence-corrected chi connectivity index (χ0v) is 9.33. The van der Waals surface area contributed by atoms with Crippen molar-refractivity contribution in [3.05, 3.63) is 23.4 Å². The molecule has 0 saturated carbocycles. The molecule has 0 aromatic carbocycles. The number of hydrogen-bond acceptors (Lipinski definition) is 3. The predicted molar refractivity (Wildman–Crippen MR) is 59.8 cm³/mol. The van der Waals surface area contributed by atoms with Gasteiger partial charge in [-0.15, -0.1) is 0 Å². The summed E-state index contributed by atoms with van der Waals surface area (Å²) in [6, 6.07) is 1.86. The third kappa shape index (κ3) is 2.23. The molecule has 1 aromatic heterocycles. The zero-order chi connectivity index (χ0) is 10.9. The lowest BCUT2D eigenvalue weighted by Crippen LogP contribution is -2.27. The molecule has 0 bridgehead atoms. The molecule has 1 atom stereocenters. The number of aromatic nitrogens is 1. The number of pyridine rings is 1. The molecule has 14 heavy (non-hydrogen) atoms. The predicted octanol–water partition coefficient (Wildman–Crippen LogP) is 2.02. The van der Waals surface area contributed by atoms with E-state index < -0.39 is 0 Å². The van der Waals surface area contributed by atoms with E-state index in [1.165, 1.54) is 0 Å². The molecule has 1 unspecified atom stereocenters. The van der Waals surface area contributed by atoms with Gasteiger partial charge < -0.3 is 11.5 Å². The Balaban J connectivity index is 3.08. The Bertz CT molecular complexity index is 326. The number of rotatable bonds is 1. The first-order valence-electron chi connectivity index (χ1n) is 4.80. The minimum atomic E-state index is -0.00407. The number of aryl methyl sites for hydroxylation is 1. The molecule has 1 heterocycles. The first kappa shape index (κ1) is 11.0. The van der Waals surface area contributed by atoms with Crippen LogP contribution >= 0.6 is 0 Å². The second-order valence-corrected chi connectivity index (χ2v) is 4.81. The van der Waals surface area contributed by atoms with Crippen LogP contribution in [-0.2, 0) is 0 Å². The summed E-state index contributed by atoms with van der Waals surface area (Å²) < 4.78 is 0. The van der Waals surface area contributed by atoms with E-state index >= 15 is 0 Å². The molecule has 4 N–H and O–H groups in total. The van der Waals surface area contributed by atoms with E-state index in [1.807, 2.05) is 13.0 Å². The van der Waals surface area contributed by atoms with Crippen LogP contribution in [0.4, 0.5) is 5.82 Å². The highest BCUT2D eigenvalue weighted by molar-refractivity contribution is 5.38. The molecule has 3 nitrogen and oxygen atoms in total. The van der Waals surface area contributed by atoms with Crippen LogP contribution in [0.5, 0.6) is 0 Å². The molecule has 0 aliphatic heterocycles. The summed E-state index contributed by atoms with van der Waals surface area (Å²) in [6.45, 7) is 8.37. The van der Waals surface area contributed by atoms with Crippen LogP contribution in [0.15, 0.2) is 12.3 Å². The highest BCUT2D eigenvalue weighted by atomic mass is 14.8.